The van der Waals surface area contributed by atoms with Gasteiger partial charge in [-0.25, -0.2) is 9.78 Å². The molecule has 1 aliphatic rings. The van der Waals surface area contributed by atoms with Crippen LogP contribution in [0.5, 0.6) is 0 Å². The van der Waals surface area contributed by atoms with Gasteiger partial charge in [0.05, 0.1) is 7.11 Å². The van der Waals surface area contributed by atoms with Crippen molar-refractivity contribution in [3.05, 3.63) is 23.9 Å². The Balaban J connectivity index is 2.17. The highest BCUT2D eigenvalue weighted by Gasteiger charge is 2.18. The molecular weight excluding hydrogens is 218 g/mol. The number of ether oxygens (including phenoxy) is 1. The Kier molecular flexibility index (Phi) is 3.58. The second-order valence-electron chi connectivity index (χ2n) is 4.22. The van der Waals surface area contributed by atoms with Crippen LogP contribution in [0.1, 0.15) is 23.3 Å². The number of rotatable bonds is 2. The zero-order valence-electron chi connectivity index (χ0n) is 9.93. The summed E-state index contributed by atoms with van der Waals surface area (Å²) in [5.74, 6) is 0.385. The van der Waals surface area contributed by atoms with Gasteiger partial charge in [0.1, 0.15) is 5.82 Å². The maximum Gasteiger partial charge on any atom is 0.356 e. The van der Waals surface area contributed by atoms with Gasteiger partial charge in [0.2, 0.25) is 0 Å². The van der Waals surface area contributed by atoms with E-state index in [1.165, 1.54) is 7.11 Å². The predicted molar refractivity (Wildman–Crippen MR) is 65.0 cm³/mol. The van der Waals surface area contributed by atoms with Crippen LogP contribution in [0.4, 0.5) is 5.82 Å². The number of aromatic nitrogens is 1. The third-order valence-electron chi connectivity index (χ3n) is 2.91. The number of hydrogen-bond acceptors (Lipinski definition) is 5. The minimum atomic E-state index is -0.409. The van der Waals surface area contributed by atoms with Gasteiger partial charge >= 0.3 is 5.97 Å². The second-order valence-corrected chi connectivity index (χ2v) is 4.22. The molecule has 5 heteroatoms. The maximum absolute atomic E-state index is 11.4. The topological polar surface area (TPSA) is 68.5 Å². The molecule has 92 valence electrons. The van der Waals surface area contributed by atoms with Crippen LogP contribution in [0.2, 0.25) is 0 Å². The summed E-state index contributed by atoms with van der Waals surface area (Å²) in [6.45, 7) is 1.73. The van der Waals surface area contributed by atoms with Crippen molar-refractivity contribution in [3.8, 4) is 0 Å². The van der Waals surface area contributed by atoms with Gasteiger partial charge in [-0.05, 0) is 25.0 Å². The van der Waals surface area contributed by atoms with E-state index in [4.69, 9.17) is 5.73 Å². The Morgan fingerprint density at radius 3 is 3.12 bits per heavy atom. The van der Waals surface area contributed by atoms with Gasteiger partial charge in [-0.15, -0.1) is 0 Å². The molecule has 1 unspecified atom stereocenters. The second kappa shape index (κ2) is 5.14. The molecule has 0 spiro atoms. The van der Waals surface area contributed by atoms with E-state index in [0.717, 1.165) is 31.7 Å². The highest BCUT2D eigenvalue weighted by Crippen LogP contribution is 2.17. The van der Waals surface area contributed by atoms with E-state index in [2.05, 4.69) is 14.6 Å². The van der Waals surface area contributed by atoms with Gasteiger partial charge in [0, 0.05) is 19.1 Å². The summed E-state index contributed by atoms with van der Waals surface area (Å²) in [7, 11) is 1.35. The van der Waals surface area contributed by atoms with Gasteiger partial charge in [-0.2, -0.15) is 0 Å². The number of piperidine rings is 1. The molecule has 1 atom stereocenters. The van der Waals surface area contributed by atoms with Crippen LogP contribution in [0.15, 0.2) is 18.2 Å². The van der Waals surface area contributed by atoms with E-state index in [9.17, 15) is 4.79 Å². The molecule has 0 amide bonds. The Morgan fingerprint density at radius 1 is 1.59 bits per heavy atom. The lowest BCUT2D eigenvalue weighted by Gasteiger charge is -2.31. The predicted octanol–water partition coefficient (Wildman–Crippen LogP) is 0.796. The molecule has 0 aliphatic carbocycles. The SMILES string of the molecule is COC(=O)c1cccc(N2CCCC(N)C2)n1. The molecule has 2 rings (SSSR count). The quantitative estimate of drug-likeness (QED) is 0.768. The number of anilines is 1. The molecule has 1 aliphatic heterocycles. The number of esters is 1. The zero-order valence-corrected chi connectivity index (χ0v) is 9.93. The highest BCUT2D eigenvalue weighted by atomic mass is 16.5. The van der Waals surface area contributed by atoms with E-state index < -0.39 is 5.97 Å². The smallest absolute Gasteiger partial charge is 0.356 e. The summed E-state index contributed by atoms with van der Waals surface area (Å²) in [4.78, 5) is 17.8. The molecule has 2 heterocycles. The van der Waals surface area contributed by atoms with E-state index >= 15 is 0 Å². The van der Waals surface area contributed by atoms with Crippen molar-refractivity contribution in [1.29, 1.82) is 0 Å². The molecule has 17 heavy (non-hydrogen) atoms. The molecule has 1 saturated heterocycles. The minimum Gasteiger partial charge on any atom is -0.464 e. The molecule has 2 N–H and O–H groups in total. The fraction of sp³-hybridized carbons (Fsp3) is 0.500. The lowest BCUT2D eigenvalue weighted by molar-refractivity contribution is 0.0594. The number of nitrogens with two attached hydrogens (primary N) is 1. The normalized spacial score (nSPS) is 20.1. The average Bonchev–Trinajstić information content (AvgIpc) is 2.38. The Bertz CT molecular complexity index is 408. The van der Waals surface area contributed by atoms with Crippen molar-refractivity contribution in [2.45, 2.75) is 18.9 Å². The van der Waals surface area contributed by atoms with Crippen molar-refractivity contribution in [2.75, 3.05) is 25.1 Å². The van der Waals surface area contributed by atoms with Crippen LogP contribution in [0, 0.1) is 0 Å². The van der Waals surface area contributed by atoms with E-state index in [1.807, 2.05) is 12.1 Å². The van der Waals surface area contributed by atoms with Gasteiger partial charge < -0.3 is 15.4 Å². The third-order valence-corrected chi connectivity index (χ3v) is 2.91. The molecule has 1 aromatic heterocycles. The van der Waals surface area contributed by atoms with Crippen molar-refractivity contribution >= 4 is 11.8 Å². The van der Waals surface area contributed by atoms with Gasteiger partial charge in [-0.3, -0.25) is 0 Å². The largest absolute Gasteiger partial charge is 0.464 e. The molecule has 0 saturated carbocycles. The third kappa shape index (κ3) is 2.74. The van der Waals surface area contributed by atoms with Gasteiger partial charge in [0.15, 0.2) is 5.69 Å². The van der Waals surface area contributed by atoms with Gasteiger partial charge in [-0.1, -0.05) is 6.07 Å². The van der Waals surface area contributed by atoms with E-state index in [0.29, 0.717) is 5.69 Å². The number of pyridine rings is 1. The summed E-state index contributed by atoms with van der Waals surface area (Å²) in [6.07, 6.45) is 2.11. The molecule has 1 fully saturated rings. The first-order valence-corrected chi connectivity index (χ1v) is 5.76. The Morgan fingerprint density at radius 2 is 2.41 bits per heavy atom. The maximum atomic E-state index is 11.4. The standard InChI is InChI=1S/C12H17N3O2/c1-17-12(16)10-5-2-6-11(14-10)15-7-3-4-9(13)8-15/h2,5-6,9H,3-4,7-8,13H2,1H3. The first-order chi connectivity index (χ1) is 8.20. The van der Waals surface area contributed by atoms with Crippen LogP contribution in [-0.4, -0.2) is 37.2 Å². The summed E-state index contributed by atoms with van der Waals surface area (Å²) >= 11 is 0. The van der Waals surface area contributed by atoms with Crippen molar-refractivity contribution < 1.29 is 9.53 Å². The fourth-order valence-corrected chi connectivity index (χ4v) is 2.04. The summed E-state index contributed by atoms with van der Waals surface area (Å²) in [5, 5.41) is 0. The molecule has 0 aromatic carbocycles. The van der Waals surface area contributed by atoms with Crippen LogP contribution in [0.25, 0.3) is 0 Å². The van der Waals surface area contributed by atoms with Gasteiger partial charge in [0.25, 0.3) is 0 Å². The summed E-state index contributed by atoms with van der Waals surface area (Å²) in [5.41, 5.74) is 6.26. The van der Waals surface area contributed by atoms with Crippen molar-refractivity contribution in [1.82, 2.24) is 4.98 Å². The first kappa shape index (κ1) is 11.9. The van der Waals surface area contributed by atoms with Crippen molar-refractivity contribution in [2.24, 2.45) is 5.73 Å². The number of hydrogen-bond donors (Lipinski definition) is 1. The number of methoxy groups -OCH3 is 1. The molecule has 1 aromatic rings. The Hall–Kier alpha value is -1.62. The summed E-state index contributed by atoms with van der Waals surface area (Å²) < 4.78 is 4.66. The van der Waals surface area contributed by atoms with Crippen LogP contribution in [-0.2, 0) is 4.74 Å². The Labute approximate surface area is 101 Å². The number of carbonyl (C=O) groups excluding carboxylic acids is 1. The summed E-state index contributed by atoms with van der Waals surface area (Å²) in [6, 6.07) is 5.55. The molecule has 5 nitrogen and oxygen atoms in total. The monoisotopic (exact) mass is 235 g/mol. The zero-order chi connectivity index (χ0) is 12.3. The minimum absolute atomic E-state index is 0.187. The fourth-order valence-electron chi connectivity index (χ4n) is 2.04. The highest BCUT2D eigenvalue weighted by molar-refractivity contribution is 5.87. The number of carbonyl (C=O) groups is 1. The molecule has 0 radical (unpaired) electrons. The van der Waals surface area contributed by atoms with Crippen molar-refractivity contribution in [3.63, 3.8) is 0 Å². The first-order valence-electron chi connectivity index (χ1n) is 5.76. The molecular formula is C12H17N3O2. The van der Waals surface area contributed by atoms with Crippen LogP contribution in [0.3, 0.4) is 0 Å². The lowest BCUT2D eigenvalue weighted by atomic mass is 10.1. The van der Waals surface area contributed by atoms with Crippen LogP contribution >= 0.6 is 0 Å². The lowest BCUT2D eigenvalue weighted by Crippen LogP contribution is -2.43. The van der Waals surface area contributed by atoms with E-state index in [-0.39, 0.29) is 6.04 Å². The van der Waals surface area contributed by atoms with E-state index in [1.54, 1.807) is 6.07 Å². The molecule has 0 bridgehead atoms. The number of nitrogens with zero attached hydrogens (tertiary/aromatic N) is 2. The average molecular weight is 235 g/mol. The van der Waals surface area contributed by atoms with Crippen LogP contribution < -0.4 is 10.6 Å².